The predicted molar refractivity (Wildman–Crippen MR) is 138 cm³/mol. The smallest absolute Gasteiger partial charge is 0.186 e. The molecule has 1 fully saturated rings. The molecule has 0 radical (unpaired) electrons. The van der Waals surface area contributed by atoms with Gasteiger partial charge >= 0.3 is 0 Å². The number of aromatic nitrogens is 1. The Hall–Kier alpha value is -1.15. The lowest BCUT2D eigenvalue weighted by Crippen LogP contribution is -2.47. The lowest BCUT2D eigenvalue weighted by molar-refractivity contribution is -0.0232. The Morgan fingerprint density at radius 1 is 1.12 bits per heavy atom. The Balaban J connectivity index is 0.00000144. The summed E-state index contributed by atoms with van der Waals surface area (Å²) in [5.74, 6) is 1.82. The summed E-state index contributed by atoms with van der Waals surface area (Å²) in [6.07, 6.45) is 2.16. The zero-order valence-corrected chi connectivity index (χ0v) is 21.5. The molecule has 3 aromatic rings. The number of hydrogen-bond donors (Lipinski definition) is 0. The van der Waals surface area contributed by atoms with Crippen LogP contribution in [0, 0.1) is 5.92 Å². The highest BCUT2D eigenvalue weighted by Gasteiger charge is 2.30. The number of anilines is 1. The van der Waals surface area contributed by atoms with Crippen LogP contribution >= 0.6 is 59.4 Å². The fourth-order valence-corrected chi connectivity index (χ4v) is 5.50. The Labute approximate surface area is 214 Å². The van der Waals surface area contributed by atoms with Gasteiger partial charge in [0.15, 0.2) is 22.9 Å². The van der Waals surface area contributed by atoms with E-state index in [9.17, 15) is 0 Å². The van der Waals surface area contributed by atoms with Crippen molar-refractivity contribution in [3.8, 4) is 11.5 Å². The number of hydrogen-bond acceptors (Lipinski definition) is 6. The molecule has 0 aliphatic carbocycles. The van der Waals surface area contributed by atoms with E-state index < -0.39 is 0 Å². The quantitative estimate of drug-likeness (QED) is 0.386. The summed E-state index contributed by atoms with van der Waals surface area (Å²) in [4.78, 5) is 9.47. The van der Waals surface area contributed by atoms with Crippen LogP contribution in [0.1, 0.15) is 12.8 Å². The third-order valence-corrected chi connectivity index (χ3v) is 7.74. The van der Waals surface area contributed by atoms with Crippen LogP contribution < -0.4 is 14.4 Å². The summed E-state index contributed by atoms with van der Waals surface area (Å²) >= 11 is 14.1. The zero-order chi connectivity index (χ0) is 20.7. The minimum Gasteiger partial charge on any atom is -0.483 e. The molecule has 2 aliphatic rings. The molecule has 0 N–H and O–H groups in total. The predicted octanol–water partition coefficient (Wildman–Crippen LogP) is 6.39. The molecule has 5 rings (SSSR count). The number of para-hydroxylation sites is 1. The van der Waals surface area contributed by atoms with Gasteiger partial charge in [-0.3, -0.25) is 4.90 Å². The molecule has 2 aliphatic heterocycles. The topological polar surface area (TPSA) is 37.8 Å². The molecule has 1 aromatic heterocycles. The maximum Gasteiger partial charge on any atom is 0.186 e. The summed E-state index contributed by atoms with van der Waals surface area (Å²) in [7, 11) is 2.09. The van der Waals surface area contributed by atoms with Gasteiger partial charge in [-0.05, 0) is 50.1 Å². The normalized spacial score (nSPS) is 18.4. The molecule has 5 nitrogen and oxygen atoms in total. The molecule has 0 saturated carbocycles. The maximum absolute atomic E-state index is 6.22. The minimum absolute atomic E-state index is 0. The van der Waals surface area contributed by atoms with Crippen molar-refractivity contribution >= 4 is 74.7 Å². The molecule has 10 heteroatoms. The van der Waals surface area contributed by atoms with Crippen molar-refractivity contribution in [1.82, 2.24) is 9.88 Å². The van der Waals surface area contributed by atoms with Crippen molar-refractivity contribution < 1.29 is 9.47 Å². The lowest BCUT2D eigenvalue weighted by Gasteiger charge is -2.37. The highest BCUT2D eigenvalue weighted by molar-refractivity contribution is 7.22. The molecule has 3 heterocycles. The summed E-state index contributed by atoms with van der Waals surface area (Å²) in [5.41, 5.74) is 1.09. The van der Waals surface area contributed by atoms with Gasteiger partial charge in [-0.15, -0.1) is 24.8 Å². The average molecular weight is 537 g/mol. The molecule has 174 valence electrons. The second-order valence-corrected chi connectivity index (χ2v) is 9.70. The summed E-state index contributed by atoms with van der Waals surface area (Å²) < 4.78 is 13.3. The van der Waals surface area contributed by atoms with E-state index in [1.165, 1.54) is 4.70 Å². The van der Waals surface area contributed by atoms with E-state index in [1.54, 1.807) is 17.4 Å². The van der Waals surface area contributed by atoms with Crippen molar-refractivity contribution in [2.45, 2.75) is 19.1 Å². The van der Waals surface area contributed by atoms with Gasteiger partial charge < -0.3 is 14.4 Å². The molecule has 32 heavy (non-hydrogen) atoms. The first-order chi connectivity index (χ1) is 14.6. The summed E-state index contributed by atoms with van der Waals surface area (Å²) in [5, 5.41) is 2.03. The standard InChI is InChI=1S/C22H23Cl2N3O2S.2ClH/c1-26(19-13-28-21-17(29-19)7-6-15(23)20(21)24)12-14-8-10-27(11-9-14)22-25-16-4-2-3-5-18(16)30-22;;/h2-7,14,19H,8-13H2,1H3;2*1H. The van der Waals surface area contributed by atoms with Crippen LogP contribution in [-0.2, 0) is 0 Å². The van der Waals surface area contributed by atoms with E-state index in [0.717, 1.165) is 43.1 Å². The molecule has 1 unspecified atom stereocenters. The number of ether oxygens (including phenoxy) is 2. The second kappa shape index (κ2) is 10.9. The number of nitrogens with zero attached hydrogens (tertiary/aromatic N) is 3. The van der Waals surface area contributed by atoms with Crippen molar-refractivity contribution in [2.75, 3.05) is 38.2 Å². The Kier molecular flexibility index (Phi) is 8.64. The number of halogens is 4. The second-order valence-electron chi connectivity index (χ2n) is 7.91. The zero-order valence-electron chi connectivity index (χ0n) is 17.5. The van der Waals surface area contributed by atoms with E-state index in [0.29, 0.717) is 34.1 Å². The number of benzene rings is 2. The van der Waals surface area contributed by atoms with Gasteiger partial charge in [0.05, 0.1) is 15.2 Å². The number of thiazole rings is 1. The van der Waals surface area contributed by atoms with Gasteiger partial charge in [0, 0.05) is 19.6 Å². The van der Waals surface area contributed by atoms with Crippen molar-refractivity contribution in [2.24, 2.45) is 5.92 Å². The fourth-order valence-electron chi connectivity index (χ4n) is 4.12. The van der Waals surface area contributed by atoms with Crippen LogP contribution in [0.15, 0.2) is 36.4 Å². The third kappa shape index (κ3) is 5.16. The molecule has 1 saturated heterocycles. The van der Waals surface area contributed by atoms with Gasteiger partial charge in [-0.25, -0.2) is 4.98 Å². The Morgan fingerprint density at radius 3 is 2.62 bits per heavy atom. The highest BCUT2D eigenvalue weighted by Crippen LogP contribution is 2.42. The van der Waals surface area contributed by atoms with Gasteiger partial charge in [0.1, 0.15) is 11.6 Å². The van der Waals surface area contributed by atoms with Crippen LogP contribution in [-0.4, -0.2) is 49.4 Å². The SMILES string of the molecule is CN(CC1CCN(c2nc3ccccc3s2)CC1)C1COc2c(ccc(Cl)c2Cl)O1.Cl.Cl. The van der Waals surface area contributed by atoms with Gasteiger partial charge in [0.2, 0.25) is 0 Å². The molecule has 1 atom stereocenters. The molecular weight excluding hydrogens is 512 g/mol. The fraction of sp³-hybridized carbons (Fsp3) is 0.409. The maximum atomic E-state index is 6.22. The third-order valence-electron chi connectivity index (χ3n) is 5.85. The van der Waals surface area contributed by atoms with Crippen molar-refractivity contribution in [3.05, 3.63) is 46.4 Å². The number of fused-ring (bicyclic) bond motifs is 2. The van der Waals surface area contributed by atoms with Crippen LogP contribution in [0.25, 0.3) is 10.2 Å². The highest BCUT2D eigenvalue weighted by atomic mass is 35.5. The number of rotatable bonds is 4. The Bertz CT molecular complexity index is 1030. The molecule has 0 amide bonds. The van der Waals surface area contributed by atoms with Crippen LogP contribution in [0.3, 0.4) is 0 Å². The van der Waals surface area contributed by atoms with Gasteiger partial charge in [0.25, 0.3) is 0 Å². The number of likely N-dealkylation sites (N-methyl/N-ethyl adjacent to an activating group) is 1. The van der Waals surface area contributed by atoms with Gasteiger partial charge in [-0.1, -0.05) is 46.7 Å². The average Bonchev–Trinajstić information content (AvgIpc) is 3.21. The monoisotopic (exact) mass is 535 g/mol. The van der Waals surface area contributed by atoms with E-state index in [1.807, 2.05) is 12.1 Å². The first kappa shape index (κ1) is 25.5. The first-order valence-corrected chi connectivity index (χ1v) is 11.7. The number of piperidine rings is 1. The molecule has 2 aromatic carbocycles. The molecule has 0 bridgehead atoms. The largest absolute Gasteiger partial charge is 0.483 e. The van der Waals surface area contributed by atoms with Gasteiger partial charge in [-0.2, -0.15) is 0 Å². The summed E-state index contributed by atoms with van der Waals surface area (Å²) in [6, 6.07) is 11.9. The van der Waals surface area contributed by atoms with Crippen molar-refractivity contribution in [1.29, 1.82) is 0 Å². The van der Waals surface area contributed by atoms with Crippen LogP contribution in [0.5, 0.6) is 11.5 Å². The minimum atomic E-state index is -0.128. The van der Waals surface area contributed by atoms with E-state index in [-0.39, 0.29) is 31.0 Å². The van der Waals surface area contributed by atoms with Crippen LogP contribution in [0.4, 0.5) is 5.13 Å². The van der Waals surface area contributed by atoms with E-state index in [4.69, 9.17) is 37.7 Å². The molecule has 0 spiro atoms. The lowest BCUT2D eigenvalue weighted by atomic mass is 9.96. The Morgan fingerprint density at radius 2 is 1.88 bits per heavy atom. The van der Waals surface area contributed by atoms with E-state index in [2.05, 4.69) is 35.0 Å². The van der Waals surface area contributed by atoms with Crippen LogP contribution in [0.2, 0.25) is 10.0 Å². The summed E-state index contributed by atoms with van der Waals surface area (Å²) in [6.45, 7) is 3.49. The van der Waals surface area contributed by atoms with E-state index >= 15 is 0 Å². The van der Waals surface area contributed by atoms with Crippen molar-refractivity contribution in [3.63, 3.8) is 0 Å². The molecular formula is C22H25Cl4N3O2S. The first-order valence-electron chi connectivity index (χ1n) is 10.2.